The second-order valence-electron chi connectivity index (χ2n) is 7.31. The van der Waals surface area contributed by atoms with Crippen LogP contribution in [0.25, 0.3) is 0 Å². The van der Waals surface area contributed by atoms with E-state index in [0.717, 1.165) is 25.7 Å². The van der Waals surface area contributed by atoms with Crippen molar-refractivity contribution in [3.63, 3.8) is 0 Å². The van der Waals surface area contributed by atoms with Crippen molar-refractivity contribution in [1.29, 1.82) is 0 Å². The molecule has 1 aromatic rings. The summed E-state index contributed by atoms with van der Waals surface area (Å²) in [6.07, 6.45) is 5.33. The van der Waals surface area contributed by atoms with Crippen molar-refractivity contribution in [2.75, 3.05) is 26.2 Å². The maximum Gasteiger partial charge on any atom is 0.270 e. The van der Waals surface area contributed by atoms with Crippen molar-refractivity contribution in [3.05, 3.63) is 18.0 Å². The second kappa shape index (κ2) is 8.29. The number of likely N-dealkylation sites (tertiary alicyclic amines) is 1. The topological polar surface area (TPSA) is 88.6 Å². The van der Waals surface area contributed by atoms with Crippen LogP contribution in [0.4, 0.5) is 0 Å². The Labute approximate surface area is 162 Å². The number of amides is 1. The number of nitrogens with two attached hydrogens (primary N) is 1. The number of piperidine rings is 1. The van der Waals surface area contributed by atoms with Gasteiger partial charge in [0.2, 0.25) is 10.0 Å². The fraction of sp³-hybridized carbons (Fsp3) is 0.706. The minimum atomic E-state index is -3.56. The minimum absolute atomic E-state index is 0. The fourth-order valence-corrected chi connectivity index (χ4v) is 5.57. The molecule has 0 saturated carbocycles. The van der Waals surface area contributed by atoms with E-state index in [1.54, 1.807) is 27.0 Å². The molecule has 2 unspecified atom stereocenters. The summed E-state index contributed by atoms with van der Waals surface area (Å²) in [6, 6.07) is 1.56. The first-order valence-corrected chi connectivity index (χ1v) is 10.5. The third-order valence-corrected chi connectivity index (χ3v) is 7.20. The maximum absolute atomic E-state index is 12.9. The molecule has 0 aromatic carbocycles. The van der Waals surface area contributed by atoms with Crippen molar-refractivity contribution in [2.45, 2.75) is 43.5 Å². The quantitative estimate of drug-likeness (QED) is 0.822. The van der Waals surface area contributed by atoms with E-state index in [9.17, 15) is 13.2 Å². The van der Waals surface area contributed by atoms with Crippen LogP contribution in [0.15, 0.2) is 17.2 Å². The van der Waals surface area contributed by atoms with Crippen LogP contribution >= 0.6 is 12.4 Å². The zero-order valence-corrected chi connectivity index (χ0v) is 17.1. The molecule has 2 aliphatic rings. The van der Waals surface area contributed by atoms with Gasteiger partial charge in [-0.2, -0.15) is 4.31 Å². The number of aromatic nitrogens is 1. The molecule has 148 valence electrons. The highest BCUT2D eigenvalue weighted by Gasteiger charge is 2.33. The first-order chi connectivity index (χ1) is 11.8. The number of carbonyl (C=O) groups excluding carboxylic acids is 1. The molecule has 1 amide bonds. The van der Waals surface area contributed by atoms with Gasteiger partial charge in [0.1, 0.15) is 10.6 Å². The monoisotopic (exact) mass is 404 g/mol. The molecule has 2 saturated heterocycles. The van der Waals surface area contributed by atoms with E-state index in [0.29, 0.717) is 37.8 Å². The average Bonchev–Trinajstić information content (AvgIpc) is 3.20. The Bertz CT molecular complexity index is 749. The maximum atomic E-state index is 12.9. The molecule has 2 aliphatic heterocycles. The van der Waals surface area contributed by atoms with E-state index in [-0.39, 0.29) is 29.3 Å². The Morgan fingerprint density at radius 3 is 2.62 bits per heavy atom. The first-order valence-electron chi connectivity index (χ1n) is 9.02. The summed E-state index contributed by atoms with van der Waals surface area (Å²) >= 11 is 0. The summed E-state index contributed by atoms with van der Waals surface area (Å²) in [7, 11) is -1.83. The number of nitrogens with zero attached hydrogens (tertiary/aromatic N) is 3. The van der Waals surface area contributed by atoms with Crippen molar-refractivity contribution in [3.8, 4) is 0 Å². The highest BCUT2D eigenvalue weighted by molar-refractivity contribution is 7.89. The predicted molar refractivity (Wildman–Crippen MR) is 103 cm³/mol. The van der Waals surface area contributed by atoms with Crippen molar-refractivity contribution >= 4 is 28.3 Å². The zero-order chi connectivity index (χ0) is 18.2. The van der Waals surface area contributed by atoms with E-state index >= 15 is 0 Å². The molecule has 3 rings (SSSR count). The summed E-state index contributed by atoms with van der Waals surface area (Å²) in [5.74, 6) is 0.229. The van der Waals surface area contributed by atoms with Crippen molar-refractivity contribution < 1.29 is 13.2 Å². The van der Waals surface area contributed by atoms with Crippen LogP contribution in [-0.2, 0) is 17.1 Å². The van der Waals surface area contributed by atoms with Crippen LogP contribution in [0, 0.1) is 5.92 Å². The Kier molecular flexibility index (Phi) is 6.76. The molecule has 2 N–H and O–H groups in total. The predicted octanol–water partition coefficient (Wildman–Crippen LogP) is 1.43. The van der Waals surface area contributed by atoms with Crippen LogP contribution in [0.2, 0.25) is 0 Å². The molecule has 3 heterocycles. The molecule has 0 radical (unpaired) electrons. The molecule has 1 aromatic heterocycles. The van der Waals surface area contributed by atoms with Gasteiger partial charge in [-0.1, -0.05) is 6.92 Å². The van der Waals surface area contributed by atoms with Crippen LogP contribution < -0.4 is 5.73 Å². The molecule has 2 atom stereocenters. The number of aryl methyl sites for hydroxylation is 1. The van der Waals surface area contributed by atoms with E-state index in [1.807, 2.05) is 0 Å². The Hall–Kier alpha value is -1.09. The Balaban J connectivity index is 0.00000243. The third-order valence-electron chi connectivity index (χ3n) is 5.37. The molecule has 26 heavy (non-hydrogen) atoms. The number of halogens is 1. The highest BCUT2D eigenvalue weighted by atomic mass is 35.5. The van der Waals surface area contributed by atoms with Gasteiger partial charge in [-0.25, -0.2) is 8.42 Å². The number of hydrogen-bond acceptors (Lipinski definition) is 4. The molecule has 0 spiro atoms. The minimum Gasteiger partial charge on any atom is -0.345 e. The molecular formula is C17H29ClN4O3S. The van der Waals surface area contributed by atoms with Gasteiger partial charge in [-0.05, 0) is 37.7 Å². The molecule has 7 nitrogen and oxygen atoms in total. The van der Waals surface area contributed by atoms with Gasteiger partial charge < -0.3 is 15.2 Å². The molecule has 9 heteroatoms. The van der Waals surface area contributed by atoms with Gasteiger partial charge in [-0.3, -0.25) is 4.79 Å². The fourth-order valence-electron chi connectivity index (χ4n) is 3.90. The van der Waals surface area contributed by atoms with Gasteiger partial charge in [-0.15, -0.1) is 12.4 Å². The Morgan fingerprint density at radius 2 is 1.96 bits per heavy atom. The average molecular weight is 405 g/mol. The number of hydrogen-bond donors (Lipinski definition) is 1. The highest BCUT2D eigenvalue weighted by Crippen LogP contribution is 2.26. The van der Waals surface area contributed by atoms with Gasteiger partial charge >= 0.3 is 0 Å². The lowest BCUT2D eigenvalue weighted by molar-refractivity contribution is 0.0731. The normalized spacial score (nSPS) is 24.5. The van der Waals surface area contributed by atoms with Crippen LogP contribution in [0.1, 0.15) is 43.1 Å². The molecular weight excluding hydrogens is 376 g/mol. The van der Waals surface area contributed by atoms with E-state index in [1.165, 1.54) is 6.07 Å². The van der Waals surface area contributed by atoms with Gasteiger partial charge in [0.05, 0.1) is 0 Å². The molecule has 0 aliphatic carbocycles. The van der Waals surface area contributed by atoms with E-state index in [2.05, 4.69) is 6.92 Å². The number of carbonyl (C=O) groups is 1. The third kappa shape index (κ3) is 3.93. The SMILES string of the molecule is CC1CCCN(S(=O)(=O)c2cc(C(=O)N3CCCC3CN)n(C)c2)C1.Cl. The van der Waals surface area contributed by atoms with Crippen molar-refractivity contribution in [1.82, 2.24) is 13.8 Å². The van der Waals surface area contributed by atoms with Crippen LogP contribution in [-0.4, -0.2) is 60.3 Å². The lowest BCUT2D eigenvalue weighted by atomic mass is 10.0. The van der Waals surface area contributed by atoms with Crippen LogP contribution in [0.3, 0.4) is 0 Å². The standard InChI is InChI=1S/C17H28N4O3S.ClH/c1-13-5-3-7-20(11-13)25(23,24)15-9-16(19(2)12-15)17(22)21-8-4-6-14(21)10-18;/h9,12-14H,3-8,10-11,18H2,1-2H3;1H. The lowest BCUT2D eigenvalue weighted by Gasteiger charge is -2.29. The summed E-state index contributed by atoms with van der Waals surface area (Å²) in [6.45, 7) is 4.28. The smallest absolute Gasteiger partial charge is 0.270 e. The molecule has 2 fully saturated rings. The summed E-state index contributed by atoms with van der Waals surface area (Å²) in [5, 5.41) is 0. The van der Waals surface area contributed by atoms with E-state index in [4.69, 9.17) is 5.73 Å². The molecule has 0 bridgehead atoms. The largest absolute Gasteiger partial charge is 0.345 e. The zero-order valence-electron chi connectivity index (χ0n) is 15.4. The van der Waals surface area contributed by atoms with Crippen molar-refractivity contribution in [2.24, 2.45) is 18.7 Å². The summed E-state index contributed by atoms with van der Waals surface area (Å²) in [5.41, 5.74) is 6.17. The summed E-state index contributed by atoms with van der Waals surface area (Å²) < 4.78 is 29.0. The second-order valence-corrected chi connectivity index (χ2v) is 9.25. The lowest BCUT2D eigenvalue weighted by Crippen LogP contribution is -2.40. The van der Waals surface area contributed by atoms with Gasteiger partial charge in [0.15, 0.2) is 0 Å². The first kappa shape index (κ1) is 21.2. The van der Waals surface area contributed by atoms with Crippen LogP contribution in [0.5, 0.6) is 0 Å². The summed E-state index contributed by atoms with van der Waals surface area (Å²) in [4.78, 5) is 14.8. The Morgan fingerprint density at radius 1 is 1.27 bits per heavy atom. The van der Waals surface area contributed by atoms with E-state index < -0.39 is 10.0 Å². The van der Waals surface area contributed by atoms with Gasteiger partial charge in [0.25, 0.3) is 5.91 Å². The van der Waals surface area contributed by atoms with Gasteiger partial charge in [0, 0.05) is 45.5 Å². The number of sulfonamides is 1. The number of rotatable bonds is 4.